The lowest BCUT2D eigenvalue weighted by molar-refractivity contribution is 0.623. The molecule has 0 saturated carbocycles. The molecule has 0 unspecified atom stereocenters. The first-order valence-electron chi connectivity index (χ1n) is 14.1. The van der Waals surface area contributed by atoms with Gasteiger partial charge in [0.2, 0.25) is 5.89 Å². The smallest absolute Gasteiger partial charge is 0.227 e. The molecule has 0 radical (unpaired) electrons. The SMILES string of the molecule is CC1(C)c2cc(N(c3ccccc3)c3ccccc3)ccc2-c2ccc3c(ccc4nc(-c5ccccc5)oc43)c21. The van der Waals surface area contributed by atoms with Gasteiger partial charge in [-0.15, -0.1) is 0 Å². The van der Waals surface area contributed by atoms with Crippen LogP contribution in [-0.2, 0) is 5.41 Å². The summed E-state index contributed by atoms with van der Waals surface area (Å²) in [6, 6.07) is 47.0. The quantitative estimate of drug-likeness (QED) is 0.228. The van der Waals surface area contributed by atoms with Gasteiger partial charge in [0.25, 0.3) is 0 Å². The third-order valence-electron chi connectivity index (χ3n) is 8.45. The number of benzene rings is 6. The topological polar surface area (TPSA) is 29.3 Å². The molecule has 1 aliphatic carbocycles. The van der Waals surface area contributed by atoms with Crippen LogP contribution in [0.3, 0.4) is 0 Å². The molecule has 6 aromatic carbocycles. The van der Waals surface area contributed by atoms with Gasteiger partial charge in [-0.25, -0.2) is 4.98 Å². The van der Waals surface area contributed by atoms with Crippen LogP contribution in [-0.4, -0.2) is 4.98 Å². The number of rotatable bonds is 4. The normalized spacial score (nSPS) is 13.3. The Labute approximate surface area is 239 Å². The van der Waals surface area contributed by atoms with Crippen molar-refractivity contribution in [1.29, 1.82) is 0 Å². The average Bonchev–Trinajstić information content (AvgIpc) is 3.56. The number of fused-ring (bicyclic) bond motifs is 7. The summed E-state index contributed by atoms with van der Waals surface area (Å²) in [7, 11) is 0. The maximum absolute atomic E-state index is 6.40. The largest absolute Gasteiger partial charge is 0.435 e. The van der Waals surface area contributed by atoms with Crippen LogP contribution in [0.5, 0.6) is 0 Å². The predicted molar refractivity (Wildman–Crippen MR) is 169 cm³/mol. The number of aromatic nitrogens is 1. The van der Waals surface area contributed by atoms with E-state index in [0.29, 0.717) is 5.89 Å². The summed E-state index contributed by atoms with van der Waals surface area (Å²) >= 11 is 0. The van der Waals surface area contributed by atoms with Crippen molar-refractivity contribution < 1.29 is 4.42 Å². The Morgan fingerprint density at radius 1 is 0.585 bits per heavy atom. The van der Waals surface area contributed by atoms with E-state index in [1.807, 2.05) is 30.3 Å². The van der Waals surface area contributed by atoms with E-state index in [1.54, 1.807) is 0 Å². The van der Waals surface area contributed by atoms with Gasteiger partial charge in [0, 0.05) is 33.4 Å². The number of para-hydroxylation sites is 2. The fraction of sp³-hybridized carbons (Fsp3) is 0.0789. The molecule has 0 atom stereocenters. The number of anilines is 3. The molecule has 196 valence electrons. The van der Waals surface area contributed by atoms with E-state index in [9.17, 15) is 0 Å². The van der Waals surface area contributed by atoms with E-state index >= 15 is 0 Å². The molecule has 0 spiro atoms. The minimum atomic E-state index is -0.199. The molecular formula is C38H28N2O. The molecule has 0 N–H and O–H groups in total. The second-order valence-electron chi connectivity index (χ2n) is 11.2. The maximum atomic E-state index is 6.40. The van der Waals surface area contributed by atoms with Crippen molar-refractivity contribution in [1.82, 2.24) is 4.98 Å². The van der Waals surface area contributed by atoms with Crippen LogP contribution in [0.15, 0.2) is 138 Å². The fourth-order valence-electron chi connectivity index (χ4n) is 6.55. The molecule has 0 amide bonds. The molecule has 8 rings (SSSR count). The van der Waals surface area contributed by atoms with Crippen LogP contribution >= 0.6 is 0 Å². The maximum Gasteiger partial charge on any atom is 0.227 e. The van der Waals surface area contributed by atoms with Gasteiger partial charge in [0.05, 0.1) is 0 Å². The minimum absolute atomic E-state index is 0.199. The number of hydrogen-bond acceptors (Lipinski definition) is 3. The Balaban J connectivity index is 1.29. The second kappa shape index (κ2) is 8.94. The lowest BCUT2D eigenvalue weighted by Gasteiger charge is -2.28. The Hall–Kier alpha value is -5.15. The molecule has 0 fully saturated rings. The summed E-state index contributed by atoms with van der Waals surface area (Å²) in [5.74, 6) is 0.655. The molecule has 0 saturated heterocycles. The Morgan fingerprint density at radius 3 is 1.88 bits per heavy atom. The van der Waals surface area contributed by atoms with Crippen LogP contribution in [0.25, 0.3) is 44.5 Å². The van der Waals surface area contributed by atoms with Crippen LogP contribution in [0.1, 0.15) is 25.0 Å². The van der Waals surface area contributed by atoms with E-state index in [1.165, 1.54) is 27.6 Å². The molecule has 41 heavy (non-hydrogen) atoms. The second-order valence-corrected chi connectivity index (χ2v) is 11.2. The van der Waals surface area contributed by atoms with Crippen LogP contribution in [0.2, 0.25) is 0 Å². The molecule has 1 heterocycles. The van der Waals surface area contributed by atoms with Gasteiger partial charge in [-0.3, -0.25) is 0 Å². The van der Waals surface area contributed by atoms with E-state index in [2.05, 4.69) is 122 Å². The zero-order valence-electron chi connectivity index (χ0n) is 23.0. The summed E-state index contributed by atoms with van der Waals surface area (Å²) in [5.41, 5.74) is 11.2. The highest BCUT2D eigenvalue weighted by Crippen LogP contribution is 2.53. The third kappa shape index (κ3) is 3.63. The van der Waals surface area contributed by atoms with Crippen molar-refractivity contribution >= 4 is 38.9 Å². The molecule has 1 aliphatic rings. The molecule has 7 aromatic rings. The molecule has 1 aromatic heterocycles. The van der Waals surface area contributed by atoms with Crippen molar-refractivity contribution in [2.24, 2.45) is 0 Å². The number of hydrogen-bond donors (Lipinski definition) is 0. The molecule has 0 aliphatic heterocycles. The van der Waals surface area contributed by atoms with Crippen molar-refractivity contribution in [2.45, 2.75) is 19.3 Å². The van der Waals surface area contributed by atoms with Crippen molar-refractivity contribution in [3.05, 3.63) is 145 Å². The fourth-order valence-corrected chi connectivity index (χ4v) is 6.55. The standard InChI is InChI=1S/C38H28N2O/c1-38(2)33-24-28(40(26-14-8-4-9-15-26)27-16-10-5-11-17-27)18-19-29(33)30-20-21-32-31(35(30)38)22-23-34-36(32)41-37(39-34)25-12-6-3-7-13-25/h3-24H,1-2H3. The molecule has 0 bridgehead atoms. The van der Waals surface area contributed by atoms with E-state index in [4.69, 9.17) is 9.40 Å². The lowest BCUT2D eigenvalue weighted by Crippen LogP contribution is -2.17. The van der Waals surface area contributed by atoms with Gasteiger partial charge in [-0.05, 0) is 88.3 Å². The van der Waals surface area contributed by atoms with Gasteiger partial charge in [0.15, 0.2) is 5.58 Å². The highest BCUT2D eigenvalue weighted by atomic mass is 16.3. The van der Waals surface area contributed by atoms with Crippen LogP contribution in [0.4, 0.5) is 17.1 Å². The predicted octanol–water partition coefficient (Wildman–Crippen LogP) is 10.4. The first-order chi connectivity index (χ1) is 20.1. The highest BCUT2D eigenvalue weighted by molar-refractivity contribution is 6.08. The van der Waals surface area contributed by atoms with Gasteiger partial charge < -0.3 is 9.32 Å². The van der Waals surface area contributed by atoms with Gasteiger partial charge in [-0.2, -0.15) is 0 Å². The first kappa shape index (κ1) is 23.7. The number of oxazole rings is 1. The molecular weight excluding hydrogens is 500 g/mol. The van der Waals surface area contributed by atoms with Crippen molar-refractivity contribution in [3.8, 4) is 22.6 Å². The Kier molecular flexibility index (Phi) is 5.17. The van der Waals surface area contributed by atoms with Crippen molar-refractivity contribution in [3.63, 3.8) is 0 Å². The summed E-state index contributed by atoms with van der Waals surface area (Å²) in [6.07, 6.45) is 0. The zero-order valence-corrected chi connectivity index (χ0v) is 23.0. The Bertz CT molecular complexity index is 2020. The summed E-state index contributed by atoms with van der Waals surface area (Å²) in [6.45, 7) is 4.69. The molecule has 3 nitrogen and oxygen atoms in total. The lowest BCUT2D eigenvalue weighted by atomic mass is 9.80. The van der Waals surface area contributed by atoms with E-state index in [0.717, 1.165) is 39.1 Å². The summed E-state index contributed by atoms with van der Waals surface area (Å²) in [5, 5.41) is 2.32. The third-order valence-corrected chi connectivity index (χ3v) is 8.45. The molecule has 3 heteroatoms. The average molecular weight is 529 g/mol. The van der Waals surface area contributed by atoms with Gasteiger partial charge in [-0.1, -0.05) is 86.6 Å². The first-order valence-corrected chi connectivity index (χ1v) is 14.1. The zero-order chi connectivity index (χ0) is 27.6. The monoisotopic (exact) mass is 528 g/mol. The van der Waals surface area contributed by atoms with E-state index in [-0.39, 0.29) is 5.41 Å². The van der Waals surface area contributed by atoms with E-state index < -0.39 is 0 Å². The summed E-state index contributed by atoms with van der Waals surface area (Å²) < 4.78 is 6.40. The van der Waals surface area contributed by atoms with Crippen LogP contribution < -0.4 is 4.90 Å². The minimum Gasteiger partial charge on any atom is -0.435 e. The van der Waals surface area contributed by atoms with Crippen molar-refractivity contribution in [2.75, 3.05) is 4.90 Å². The Morgan fingerprint density at radius 2 is 1.20 bits per heavy atom. The van der Waals surface area contributed by atoms with Gasteiger partial charge >= 0.3 is 0 Å². The summed E-state index contributed by atoms with van der Waals surface area (Å²) in [4.78, 5) is 7.15. The number of nitrogens with zero attached hydrogens (tertiary/aromatic N) is 2. The van der Waals surface area contributed by atoms with Gasteiger partial charge in [0.1, 0.15) is 5.52 Å². The van der Waals surface area contributed by atoms with Crippen LogP contribution in [0, 0.1) is 0 Å². The highest BCUT2D eigenvalue weighted by Gasteiger charge is 2.38.